The van der Waals surface area contributed by atoms with Crippen LogP contribution in [0.3, 0.4) is 0 Å². The fraction of sp³-hybridized carbons (Fsp3) is 0.438. The number of carboxylic acid groups (broad SMARTS) is 2. The van der Waals surface area contributed by atoms with Gasteiger partial charge in [-0.15, -0.1) is 11.3 Å². The van der Waals surface area contributed by atoms with Crippen molar-refractivity contribution in [2.45, 2.75) is 19.8 Å². The van der Waals surface area contributed by atoms with Crippen LogP contribution in [0.1, 0.15) is 25.5 Å². The zero-order valence-electron chi connectivity index (χ0n) is 13.9. The molecule has 3 N–H and O–H groups in total. The maximum atomic E-state index is 9.55. The molecule has 2 rings (SSSR count). The number of aromatic nitrogens is 1. The van der Waals surface area contributed by atoms with Crippen molar-refractivity contribution in [3.63, 3.8) is 0 Å². The van der Waals surface area contributed by atoms with Gasteiger partial charge in [0.2, 0.25) is 0 Å². The van der Waals surface area contributed by atoms with Crippen molar-refractivity contribution in [1.82, 2.24) is 9.88 Å². The van der Waals surface area contributed by atoms with E-state index in [1.54, 1.807) is 11.3 Å². The summed E-state index contributed by atoms with van der Waals surface area (Å²) >= 11 is 1.68. The number of thiazole rings is 1. The van der Waals surface area contributed by atoms with Crippen molar-refractivity contribution >= 4 is 34.0 Å². The van der Waals surface area contributed by atoms with Crippen molar-refractivity contribution in [3.05, 3.63) is 29.3 Å². The molecule has 0 unspecified atom stereocenters. The zero-order valence-corrected chi connectivity index (χ0v) is 14.7. The van der Waals surface area contributed by atoms with Crippen LogP contribution >= 0.6 is 11.3 Å². The van der Waals surface area contributed by atoms with E-state index < -0.39 is 11.9 Å². The summed E-state index contributed by atoms with van der Waals surface area (Å²) in [5.74, 6) is -2.51. The van der Waals surface area contributed by atoms with Crippen molar-refractivity contribution in [3.8, 4) is 0 Å². The molecule has 0 bridgehead atoms. The molecule has 2 heterocycles. The van der Waals surface area contributed by atoms with Crippen molar-refractivity contribution < 1.29 is 19.8 Å². The lowest BCUT2D eigenvalue weighted by atomic mass is 10.1. The van der Waals surface area contributed by atoms with E-state index in [1.807, 2.05) is 7.05 Å². The first-order valence-electron chi connectivity index (χ1n) is 7.65. The van der Waals surface area contributed by atoms with Crippen LogP contribution in [0, 0.1) is 0 Å². The molecule has 0 saturated heterocycles. The molecule has 0 radical (unpaired) electrons. The van der Waals surface area contributed by atoms with Gasteiger partial charge in [0.1, 0.15) is 0 Å². The first-order chi connectivity index (χ1) is 11.5. The van der Waals surface area contributed by atoms with Crippen LogP contribution < -0.4 is 5.32 Å². The third kappa shape index (κ3) is 7.38. The molecule has 1 aromatic rings. The average Bonchev–Trinajstić information content (AvgIpc) is 3.03. The minimum Gasteiger partial charge on any atom is -0.478 e. The fourth-order valence-electron chi connectivity index (χ4n) is 2.18. The summed E-state index contributed by atoms with van der Waals surface area (Å²) < 4.78 is 0. The summed E-state index contributed by atoms with van der Waals surface area (Å²) in [4.78, 5) is 26.2. The van der Waals surface area contributed by atoms with Gasteiger partial charge in [0, 0.05) is 37.7 Å². The lowest BCUT2D eigenvalue weighted by Gasteiger charge is -2.26. The summed E-state index contributed by atoms with van der Waals surface area (Å²) in [6.07, 6.45) is 5.83. The molecular weight excluding hydrogens is 330 g/mol. The van der Waals surface area contributed by atoms with Crippen LogP contribution in [0.2, 0.25) is 0 Å². The molecule has 8 heteroatoms. The van der Waals surface area contributed by atoms with E-state index in [9.17, 15) is 9.59 Å². The molecule has 7 nitrogen and oxygen atoms in total. The quantitative estimate of drug-likeness (QED) is 0.675. The number of carboxylic acids is 2. The van der Waals surface area contributed by atoms with Crippen molar-refractivity contribution in [1.29, 1.82) is 0 Å². The Morgan fingerprint density at radius 3 is 2.54 bits per heavy atom. The topological polar surface area (TPSA) is 103 Å². The first-order valence-corrected chi connectivity index (χ1v) is 8.53. The van der Waals surface area contributed by atoms with Crippen LogP contribution in [-0.4, -0.2) is 58.7 Å². The Balaban J connectivity index is 0.000000307. The Kier molecular flexibility index (Phi) is 8.74. The highest BCUT2D eigenvalue weighted by Crippen LogP contribution is 2.24. The Labute approximate surface area is 145 Å². The standard InChI is InChI=1S/C12H19N3S.C4H4O4/c1-3-6-15-7-4-5-10(8-15)11-9-16-12(13-2)14-11;5-3(6)1-2-4(7)8/h5,9H,3-4,6-8H2,1-2H3,(H,13,14);1-2H,(H,5,6)(H,7,8)/b;2-1+. The third-order valence-corrected chi connectivity index (χ3v) is 4.05. The molecular formula is C16H23N3O4S. The highest BCUT2D eigenvalue weighted by atomic mass is 32.1. The third-order valence-electron chi connectivity index (χ3n) is 3.19. The second kappa shape index (κ2) is 10.6. The molecule has 0 aliphatic carbocycles. The van der Waals surface area contributed by atoms with E-state index >= 15 is 0 Å². The predicted molar refractivity (Wildman–Crippen MR) is 95.4 cm³/mol. The summed E-state index contributed by atoms with van der Waals surface area (Å²) in [6.45, 7) is 5.68. The molecule has 0 spiro atoms. The molecule has 0 fully saturated rings. The van der Waals surface area contributed by atoms with E-state index in [2.05, 4.69) is 33.6 Å². The van der Waals surface area contributed by atoms with Crippen molar-refractivity contribution in [2.75, 3.05) is 32.0 Å². The maximum Gasteiger partial charge on any atom is 0.328 e. The van der Waals surface area contributed by atoms with Gasteiger partial charge in [0.15, 0.2) is 5.13 Å². The molecule has 0 amide bonds. The molecule has 132 valence electrons. The van der Waals surface area contributed by atoms with Gasteiger partial charge >= 0.3 is 11.9 Å². The molecule has 0 atom stereocenters. The Bertz CT molecular complexity index is 594. The van der Waals surface area contributed by atoms with E-state index in [-0.39, 0.29) is 0 Å². The van der Waals surface area contributed by atoms with E-state index in [1.165, 1.54) is 25.1 Å². The molecule has 1 aliphatic heterocycles. The number of rotatable bonds is 6. The van der Waals surface area contributed by atoms with Crippen LogP contribution in [0.4, 0.5) is 5.13 Å². The minimum absolute atomic E-state index is 0.558. The summed E-state index contributed by atoms with van der Waals surface area (Å²) in [7, 11) is 1.92. The number of carbonyl (C=O) groups is 2. The van der Waals surface area contributed by atoms with Gasteiger partial charge in [-0.25, -0.2) is 14.6 Å². The Hall–Kier alpha value is -2.19. The van der Waals surface area contributed by atoms with Gasteiger partial charge in [-0.1, -0.05) is 13.0 Å². The lowest BCUT2D eigenvalue weighted by Crippen LogP contribution is -2.30. The second-order valence-electron chi connectivity index (χ2n) is 5.09. The fourth-order valence-corrected chi connectivity index (χ4v) is 2.87. The number of nitrogens with zero attached hydrogens (tertiary/aromatic N) is 2. The highest BCUT2D eigenvalue weighted by Gasteiger charge is 2.15. The van der Waals surface area contributed by atoms with Gasteiger partial charge < -0.3 is 15.5 Å². The van der Waals surface area contributed by atoms with Crippen LogP contribution in [0.25, 0.3) is 5.57 Å². The van der Waals surface area contributed by atoms with E-state index in [0.29, 0.717) is 12.2 Å². The number of aliphatic carboxylic acids is 2. The van der Waals surface area contributed by atoms with Gasteiger partial charge in [0.25, 0.3) is 0 Å². The summed E-state index contributed by atoms with van der Waals surface area (Å²) in [6, 6.07) is 0. The largest absolute Gasteiger partial charge is 0.478 e. The first kappa shape index (κ1) is 19.9. The molecule has 0 aromatic carbocycles. The van der Waals surface area contributed by atoms with E-state index in [0.717, 1.165) is 23.8 Å². The smallest absolute Gasteiger partial charge is 0.328 e. The van der Waals surface area contributed by atoms with Crippen molar-refractivity contribution in [2.24, 2.45) is 0 Å². The summed E-state index contributed by atoms with van der Waals surface area (Å²) in [5.41, 5.74) is 2.53. The molecule has 1 aromatic heterocycles. The normalized spacial score (nSPS) is 14.7. The van der Waals surface area contributed by atoms with Gasteiger partial charge in [0.05, 0.1) is 5.69 Å². The Morgan fingerprint density at radius 1 is 1.38 bits per heavy atom. The number of nitrogens with one attached hydrogen (secondary N) is 1. The summed E-state index contributed by atoms with van der Waals surface area (Å²) in [5, 5.41) is 21.9. The monoisotopic (exact) mass is 353 g/mol. The number of hydrogen-bond donors (Lipinski definition) is 3. The Morgan fingerprint density at radius 2 is 2.04 bits per heavy atom. The number of hydrogen-bond acceptors (Lipinski definition) is 6. The predicted octanol–water partition coefficient (Wildman–Crippen LogP) is 2.40. The minimum atomic E-state index is -1.26. The second-order valence-corrected chi connectivity index (χ2v) is 5.95. The number of anilines is 1. The van der Waals surface area contributed by atoms with Crippen LogP contribution in [0.15, 0.2) is 23.6 Å². The van der Waals surface area contributed by atoms with Gasteiger partial charge in [-0.3, -0.25) is 4.90 Å². The van der Waals surface area contributed by atoms with Crippen LogP contribution in [-0.2, 0) is 9.59 Å². The highest BCUT2D eigenvalue weighted by molar-refractivity contribution is 7.13. The van der Waals surface area contributed by atoms with E-state index in [4.69, 9.17) is 10.2 Å². The van der Waals surface area contributed by atoms with Gasteiger partial charge in [-0.05, 0) is 25.0 Å². The lowest BCUT2D eigenvalue weighted by molar-refractivity contribution is -0.134. The SMILES string of the molecule is CCCN1CCC=C(c2csc(NC)n2)C1.O=C(O)/C=C/C(=O)O. The molecule has 24 heavy (non-hydrogen) atoms. The zero-order chi connectivity index (χ0) is 17.9. The average molecular weight is 353 g/mol. The maximum absolute atomic E-state index is 9.55. The van der Waals surface area contributed by atoms with Gasteiger partial charge in [-0.2, -0.15) is 0 Å². The molecule has 1 aliphatic rings. The van der Waals surface area contributed by atoms with Crippen LogP contribution in [0.5, 0.6) is 0 Å². The molecule has 0 saturated carbocycles.